The fraction of sp³-hybridized carbons (Fsp3) is 0.333. The second-order valence-electron chi connectivity index (χ2n) is 4.78. The monoisotopic (exact) mass is 200 g/mol. The van der Waals surface area contributed by atoms with Gasteiger partial charge in [0.25, 0.3) is 0 Å². The molecule has 80 valence electrons. The van der Waals surface area contributed by atoms with Crippen LogP contribution in [-0.2, 0) is 5.41 Å². The molecule has 0 spiro atoms. The van der Waals surface area contributed by atoms with Crippen molar-refractivity contribution < 1.29 is 0 Å². The van der Waals surface area contributed by atoms with Gasteiger partial charge in [0.15, 0.2) is 0 Å². The summed E-state index contributed by atoms with van der Waals surface area (Å²) >= 11 is 0. The number of hydrogen-bond acceptors (Lipinski definition) is 0. The van der Waals surface area contributed by atoms with Crippen LogP contribution in [0.2, 0.25) is 0 Å². The summed E-state index contributed by atoms with van der Waals surface area (Å²) in [6, 6.07) is 8.67. The largest absolute Gasteiger partial charge is 0.0985 e. The van der Waals surface area contributed by atoms with Gasteiger partial charge in [-0.2, -0.15) is 0 Å². The van der Waals surface area contributed by atoms with Gasteiger partial charge in [-0.05, 0) is 29.0 Å². The van der Waals surface area contributed by atoms with Crippen LogP contribution in [0.25, 0.3) is 5.57 Å². The topological polar surface area (TPSA) is 0 Å². The average molecular weight is 200 g/mol. The lowest BCUT2D eigenvalue weighted by Gasteiger charge is -2.19. The molecule has 0 aromatic heterocycles. The maximum Gasteiger partial charge on any atom is -0.0132 e. The zero-order valence-electron chi connectivity index (χ0n) is 10.2. The molecule has 0 heterocycles. The molecule has 0 saturated heterocycles. The first kappa shape index (κ1) is 11.8. The molecule has 0 aliphatic carbocycles. The van der Waals surface area contributed by atoms with Gasteiger partial charge < -0.3 is 0 Å². The molecule has 1 aromatic rings. The second-order valence-corrected chi connectivity index (χ2v) is 4.78. The quantitative estimate of drug-likeness (QED) is 0.613. The highest BCUT2D eigenvalue weighted by Crippen LogP contribution is 2.25. The molecule has 1 rings (SSSR count). The van der Waals surface area contributed by atoms with Crippen LogP contribution in [0, 0.1) is 0 Å². The molecule has 0 bridgehead atoms. The summed E-state index contributed by atoms with van der Waals surface area (Å²) in [5, 5.41) is 0. The van der Waals surface area contributed by atoms with E-state index in [0.717, 1.165) is 0 Å². The molecule has 0 nitrogen and oxygen atoms in total. The predicted octanol–water partition coefficient (Wildman–Crippen LogP) is 4.57. The number of hydrogen-bond donors (Lipinski definition) is 0. The van der Waals surface area contributed by atoms with Gasteiger partial charge in [0, 0.05) is 0 Å². The normalized spacial score (nSPS) is 12.7. The predicted molar refractivity (Wildman–Crippen MR) is 69.0 cm³/mol. The van der Waals surface area contributed by atoms with Gasteiger partial charge >= 0.3 is 0 Å². The van der Waals surface area contributed by atoms with Gasteiger partial charge in [-0.15, -0.1) is 0 Å². The molecule has 0 saturated carbocycles. The van der Waals surface area contributed by atoms with E-state index in [4.69, 9.17) is 0 Å². The summed E-state index contributed by atoms with van der Waals surface area (Å²) < 4.78 is 0. The van der Waals surface area contributed by atoms with Crippen LogP contribution in [0.4, 0.5) is 0 Å². The lowest BCUT2D eigenvalue weighted by Crippen LogP contribution is -2.10. The van der Waals surface area contributed by atoms with Crippen LogP contribution < -0.4 is 0 Å². The zero-order valence-corrected chi connectivity index (χ0v) is 10.2. The lowest BCUT2D eigenvalue weighted by molar-refractivity contribution is 0.590. The average Bonchev–Trinajstić information content (AvgIpc) is 2.19. The molecule has 0 atom stereocenters. The van der Waals surface area contributed by atoms with Crippen molar-refractivity contribution in [2.24, 2.45) is 0 Å². The van der Waals surface area contributed by atoms with Crippen molar-refractivity contribution in [3.63, 3.8) is 0 Å². The Morgan fingerprint density at radius 3 is 2.40 bits per heavy atom. The molecule has 0 aliphatic heterocycles. The standard InChI is InChI=1S/C15H20/c1-6-12(7-2)13-9-8-10-14(11-13)15(3,4)5/h6-11H,1H2,2-5H3/b12-7+. The van der Waals surface area contributed by atoms with Crippen LogP contribution in [0.5, 0.6) is 0 Å². The molecule has 0 radical (unpaired) electrons. The van der Waals surface area contributed by atoms with Crippen molar-refractivity contribution in [1.82, 2.24) is 0 Å². The van der Waals surface area contributed by atoms with Crippen LogP contribution in [0.15, 0.2) is 43.0 Å². The summed E-state index contributed by atoms with van der Waals surface area (Å²) in [5.74, 6) is 0. The molecule has 0 N–H and O–H groups in total. The summed E-state index contributed by atoms with van der Waals surface area (Å²) in [6.07, 6.45) is 4.00. The van der Waals surface area contributed by atoms with E-state index in [1.807, 2.05) is 13.0 Å². The van der Waals surface area contributed by atoms with E-state index in [-0.39, 0.29) is 5.41 Å². The number of rotatable bonds is 2. The van der Waals surface area contributed by atoms with Crippen LogP contribution >= 0.6 is 0 Å². The first-order valence-corrected chi connectivity index (χ1v) is 5.38. The minimum absolute atomic E-state index is 0.204. The highest BCUT2D eigenvalue weighted by atomic mass is 14.2. The first-order valence-electron chi connectivity index (χ1n) is 5.38. The minimum atomic E-state index is 0.204. The van der Waals surface area contributed by atoms with E-state index in [1.165, 1.54) is 16.7 Å². The van der Waals surface area contributed by atoms with E-state index in [9.17, 15) is 0 Å². The van der Waals surface area contributed by atoms with Crippen molar-refractivity contribution >= 4 is 5.57 Å². The SMILES string of the molecule is C=C/C(=C\C)c1cccc(C(C)(C)C)c1. The molecular weight excluding hydrogens is 180 g/mol. The van der Waals surface area contributed by atoms with E-state index in [0.29, 0.717) is 0 Å². The van der Waals surface area contributed by atoms with Gasteiger partial charge in [0.1, 0.15) is 0 Å². The van der Waals surface area contributed by atoms with Gasteiger partial charge in [0.05, 0.1) is 0 Å². The number of benzene rings is 1. The summed E-state index contributed by atoms with van der Waals surface area (Å²) in [6.45, 7) is 12.6. The van der Waals surface area contributed by atoms with E-state index in [1.54, 1.807) is 0 Å². The van der Waals surface area contributed by atoms with Crippen molar-refractivity contribution in [3.05, 3.63) is 54.1 Å². The fourth-order valence-corrected chi connectivity index (χ4v) is 1.57. The summed E-state index contributed by atoms with van der Waals surface area (Å²) in [5.41, 5.74) is 4.01. The van der Waals surface area contributed by atoms with Gasteiger partial charge in [0.2, 0.25) is 0 Å². The van der Waals surface area contributed by atoms with Crippen LogP contribution in [-0.4, -0.2) is 0 Å². The Hall–Kier alpha value is -1.30. The highest BCUT2D eigenvalue weighted by molar-refractivity contribution is 5.73. The first-order chi connectivity index (χ1) is 6.99. The Labute approximate surface area is 93.3 Å². The molecule has 0 fully saturated rings. The third kappa shape index (κ3) is 2.82. The molecule has 0 amide bonds. The van der Waals surface area contributed by atoms with E-state index in [2.05, 4.69) is 57.7 Å². The fourth-order valence-electron chi connectivity index (χ4n) is 1.57. The lowest BCUT2D eigenvalue weighted by atomic mass is 9.85. The maximum atomic E-state index is 3.83. The van der Waals surface area contributed by atoms with Crippen molar-refractivity contribution in [2.75, 3.05) is 0 Å². The van der Waals surface area contributed by atoms with Crippen molar-refractivity contribution in [1.29, 1.82) is 0 Å². The van der Waals surface area contributed by atoms with Gasteiger partial charge in [-0.1, -0.05) is 63.8 Å². The Morgan fingerprint density at radius 1 is 1.27 bits per heavy atom. The molecular formula is C15H20. The van der Waals surface area contributed by atoms with Crippen molar-refractivity contribution in [3.8, 4) is 0 Å². The molecule has 0 aliphatic rings. The smallest absolute Gasteiger partial charge is 0.0132 e. The summed E-state index contributed by atoms with van der Waals surface area (Å²) in [7, 11) is 0. The summed E-state index contributed by atoms with van der Waals surface area (Å²) in [4.78, 5) is 0. The van der Waals surface area contributed by atoms with Crippen LogP contribution in [0.1, 0.15) is 38.8 Å². The zero-order chi connectivity index (χ0) is 11.5. The molecule has 1 aromatic carbocycles. The maximum absolute atomic E-state index is 3.83. The molecule has 0 unspecified atom stereocenters. The van der Waals surface area contributed by atoms with Gasteiger partial charge in [-0.25, -0.2) is 0 Å². The minimum Gasteiger partial charge on any atom is -0.0985 e. The Bertz CT molecular complexity index is 375. The van der Waals surface area contributed by atoms with Crippen molar-refractivity contribution in [2.45, 2.75) is 33.1 Å². The Balaban J connectivity index is 3.19. The Morgan fingerprint density at radius 2 is 1.93 bits per heavy atom. The third-order valence-corrected chi connectivity index (χ3v) is 2.59. The van der Waals surface area contributed by atoms with Crippen LogP contribution in [0.3, 0.4) is 0 Å². The van der Waals surface area contributed by atoms with Gasteiger partial charge in [-0.3, -0.25) is 0 Å². The van der Waals surface area contributed by atoms with E-state index >= 15 is 0 Å². The molecule has 15 heavy (non-hydrogen) atoms. The van der Waals surface area contributed by atoms with E-state index < -0.39 is 0 Å². The number of allylic oxidation sites excluding steroid dienone is 3. The highest BCUT2D eigenvalue weighted by Gasteiger charge is 2.13. The second kappa shape index (κ2) is 4.48. The molecule has 0 heteroatoms. The third-order valence-electron chi connectivity index (χ3n) is 2.59. The Kier molecular flexibility index (Phi) is 3.52.